The molecule has 4 N–H and O–H groups in total. The van der Waals surface area contributed by atoms with Crippen molar-refractivity contribution in [2.75, 3.05) is 5.43 Å². The first-order valence-corrected chi connectivity index (χ1v) is 7.52. The van der Waals surface area contributed by atoms with Crippen LogP contribution in [0.15, 0.2) is 25.6 Å². The maximum Gasteiger partial charge on any atom is 0.417 e. The van der Waals surface area contributed by atoms with Gasteiger partial charge in [-0.2, -0.15) is 0 Å². The van der Waals surface area contributed by atoms with Gasteiger partial charge in [0.1, 0.15) is 0 Å². The molecule has 0 bridgehead atoms. The number of benzene rings is 1. The second kappa shape index (κ2) is 5.27. The number of anilines is 1. The summed E-state index contributed by atoms with van der Waals surface area (Å²) in [7, 11) is -4.30. The monoisotopic (exact) mass is 422 g/mol. The summed E-state index contributed by atoms with van der Waals surface area (Å²) < 4.78 is 12.7. The predicted octanol–water partition coefficient (Wildman–Crippen LogP) is 2.98. The molecule has 1 aromatic rings. The second-order valence-corrected chi connectivity index (χ2v) is 6.46. The predicted molar refractivity (Wildman–Crippen MR) is 68.3 cm³/mol. The molecular formula is C6H6Br3N2O3P. The number of hydrogen-bond acceptors (Lipinski definition) is 2. The minimum Gasteiger partial charge on any atom is -0.311 e. The maximum atomic E-state index is 10.6. The summed E-state index contributed by atoms with van der Waals surface area (Å²) in [5.41, 5.74) is 2.92. The molecule has 9 heteroatoms. The summed E-state index contributed by atoms with van der Waals surface area (Å²) in [5, 5.41) is 1.88. The van der Waals surface area contributed by atoms with Gasteiger partial charge in [0.05, 0.1) is 5.69 Å². The van der Waals surface area contributed by atoms with E-state index in [0.29, 0.717) is 14.6 Å². The van der Waals surface area contributed by atoms with Crippen LogP contribution >= 0.6 is 55.5 Å². The molecule has 0 atom stereocenters. The summed E-state index contributed by atoms with van der Waals surface area (Å²) in [5.74, 6) is 0. The van der Waals surface area contributed by atoms with Crippen LogP contribution in [0.4, 0.5) is 5.69 Å². The Morgan fingerprint density at radius 1 is 1.13 bits per heavy atom. The highest BCUT2D eigenvalue weighted by molar-refractivity contribution is 9.11. The molecule has 0 unspecified atom stereocenters. The third-order valence-corrected chi connectivity index (χ3v) is 3.45. The summed E-state index contributed by atoms with van der Waals surface area (Å²) >= 11 is 9.78. The smallest absolute Gasteiger partial charge is 0.311 e. The summed E-state index contributed by atoms with van der Waals surface area (Å²) in [4.78, 5) is 17.2. The standard InChI is InChI=1S/C6H6Br3N2O3P/c7-3-1-4(8)6(5(9)2-3)10-11-15(12,13)14/h1-2,10H,(H3,11,12,13,14). The van der Waals surface area contributed by atoms with Crippen molar-refractivity contribution in [1.29, 1.82) is 0 Å². The molecule has 84 valence electrons. The number of halogens is 3. The van der Waals surface area contributed by atoms with Gasteiger partial charge in [-0.25, -0.2) is 4.57 Å². The van der Waals surface area contributed by atoms with Crippen molar-refractivity contribution in [3.05, 3.63) is 25.6 Å². The fourth-order valence-electron chi connectivity index (χ4n) is 0.790. The van der Waals surface area contributed by atoms with Gasteiger partial charge < -0.3 is 15.2 Å². The highest BCUT2D eigenvalue weighted by Crippen LogP contribution is 2.36. The van der Waals surface area contributed by atoms with Gasteiger partial charge in [-0.3, -0.25) is 0 Å². The molecule has 0 aromatic heterocycles. The van der Waals surface area contributed by atoms with E-state index >= 15 is 0 Å². The molecule has 0 aliphatic heterocycles. The van der Waals surface area contributed by atoms with Crippen LogP contribution in [0.1, 0.15) is 0 Å². The Hall–Kier alpha value is 0.570. The van der Waals surface area contributed by atoms with Crippen molar-refractivity contribution < 1.29 is 14.4 Å². The minimum absolute atomic E-state index is 0.501. The average molecular weight is 425 g/mol. The van der Waals surface area contributed by atoms with Crippen LogP contribution in [0, 0.1) is 0 Å². The minimum atomic E-state index is -4.30. The fraction of sp³-hybridized carbons (Fsp3) is 0. The lowest BCUT2D eigenvalue weighted by atomic mass is 10.3. The van der Waals surface area contributed by atoms with Gasteiger partial charge in [0.2, 0.25) is 0 Å². The van der Waals surface area contributed by atoms with E-state index in [1.165, 1.54) is 0 Å². The lowest BCUT2D eigenvalue weighted by Crippen LogP contribution is -2.18. The molecule has 0 aliphatic rings. The SMILES string of the molecule is O=P(O)(O)NNc1c(Br)cc(Br)cc1Br. The summed E-state index contributed by atoms with van der Waals surface area (Å²) in [6.07, 6.45) is 0. The largest absolute Gasteiger partial charge is 0.417 e. The number of hydrogen-bond donors (Lipinski definition) is 4. The molecule has 0 aliphatic carbocycles. The van der Waals surface area contributed by atoms with Crippen LogP contribution in [-0.4, -0.2) is 9.79 Å². The van der Waals surface area contributed by atoms with Crippen molar-refractivity contribution >= 4 is 61.2 Å². The second-order valence-electron chi connectivity index (χ2n) is 2.53. The van der Waals surface area contributed by atoms with Gasteiger partial charge >= 0.3 is 7.75 Å². The van der Waals surface area contributed by atoms with Gasteiger partial charge in [-0.1, -0.05) is 15.9 Å². The van der Waals surface area contributed by atoms with Crippen LogP contribution in [0.2, 0.25) is 0 Å². The van der Waals surface area contributed by atoms with E-state index < -0.39 is 7.75 Å². The van der Waals surface area contributed by atoms with Crippen molar-refractivity contribution in [2.45, 2.75) is 0 Å². The lowest BCUT2D eigenvalue weighted by molar-refractivity contribution is 0.362. The van der Waals surface area contributed by atoms with Crippen molar-refractivity contribution in [3.8, 4) is 0 Å². The zero-order valence-electron chi connectivity index (χ0n) is 7.04. The molecule has 5 nitrogen and oxygen atoms in total. The first-order chi connectivity index (χ1) is 6.79. The quantitative estimate of drug-likeness (QED) is 0.443. The molecule has 0 fully saturated rings. The Morgan fingerprint density at radius 2 is 1.60 bits per heavy atom. The van der Waals surface area contributed by atoms with Crippen LogP contribution < -0.4 is 10.6 Å². The van der Waals surface area contributed by atoms with E-state index in [1.54, 1.807) is 12.1 Å². The molecule has 0 radical (unpaired) electrons. The molecule has 0 saturated heterocycles. The number of hydrazine groups is 1. The lowest BCUT2D eigenvalue weighted by Gasteiger charge is -2.12. The molecule has 0 spiro atoms. The van der Waals surface area contributed by atoms with E-state index in [-0.39, 0.29) is 0 Å². The van der Waals surface area contributed by atoms with Crippen LogP contribution in [0.5, 0.6) is 0 Å². The van der Waals surface area contributed by atoms with Crippen molar-refractivity contribution in [2.24, 2.45) is 0 Å². The van der Waals surface area contributed by atoms with Gasteiger partial charge in [0, 0.05) is 13.4 Å². The van der Waals surface area contributed by atoms with E-state index in [1.807, 2.05) is 5.20 Å². The van der Waals surface area contributed by atoms with Gasteiger partial charge in [-0.15, -0.1) is 5.20 Å². The third kappa shape index (κ3) is 4.52. The van der Waals surface area contributed by atoms with E-state index in [2.05, 4.69) is 53.2 Å². The third-order valence-electron chi connectivity index (χ3n) is 1.33. The van der Waals surface area contributed by atoms with Gasteiger partial charge in [0.15, 0.2) is 0 Å². The Kier molecular flexibility index (Phi) is 4.79. The highest BCUT2D eigenvalue weighted by atomic mass is 79.9. The Bertz CT molecular complexity index is 399. The van der Waals surface area contributed by atoms with Crippen molar-refractivity contribution in [1.82, 2.24) is 5.20 Å². The molecule has 1 rings (SSSR count). The molecular weight excluding hydrogens is 419 g/mol. The molecule has 0 saturated carbocycles. The highest BCUT2D eigenvalue weighted by Gasteiger charge is 2.13. The molecule has 0 amide bonds. The van der Waals surface area contributed by atoms with Crippen LogP contribution in [-0.2, 0) is 4.57 Å². The van der Waals surface area contributed by atoms with Crippen LogP contribution in [0.25, 0.3) is 0 Å². The average Bonchev–Trinajstić information content (AvgIpc) is 1.99. The van der Waals surface area contributed by atoms with Gasteiger partial charge in [0.25, 0.3) is 0 Å². The van der Waals surface area contributed by atoms with E-state index in [4.69, 9.17) is 9.79 Å². The zero-order chi connectivity index (χ0) is 11.6. The van der Waals surface area contributed by atoms with Gasteiger partial charge in [-0.05, 0) is 44.0 Å². The topological polar surface area (TPSA) is 81.6 Å². The molecule has 15 heavy (non-hydrogen) atoms. The number of rotatable bonds is 3. The zero-order valence-corrected chi connectivity index (χ0v) is 12.7. The Morgan fingerprint density at radius 3 is 2.00 bits per heavy atom. The first kappa shape index (κ1) is 13.6. The van der Waals surface area contributed by atoms with E-state index in [9.17, 15) is 4.57 Å². The first-order valence-electron chi connectivity index (χ1n) is 3.53. The summed E-state index contributed by atoms with van der Waals surface area (Å²) in [6, 6.07) is 3.49. The maximum absolute atomic E-state index is 10.6. The molecule has 1 aromatic carbocycles. The van der Waals surface area contributed by atoms with E-state index in [0.717, 1.165) is 4.47 Å². The van der Waals surface area contributed by atoms with Crippen molar-refractivity contribution in [3.63, 3.8) is 0 Å². The molecule has 0 heterocycles. The Labute approximate surface area is 111 Å². The fourth-order valence-corrected chi connectivity index (χ4v) is 3.50. The Balaban J connectivity index is 2.91. The summed E-state index contributed by atoms with van der Waals surface area (Å²) in [6.45, 7) is 0. The number of nitrogens with one attached hydrogen (secondary N) is 2. The van der Waals surface area contributed by atoms with Crippen LogP contribution in [0.3, 0.4) is 0 Å². The normalized spacial score (nSPS) is 11.5.